The average molecular weight is 339 g/mol. The molecular formula is C21H25NO3. The van der Waals surface area contributed by atoms with Gasteiger partial charge in [-0.2, -0.15) is 0 Å². The molecule has 0 unspecified atom stereocenters. The molecule has 0 spiro atoms. The van der Waals surface area contributed by atoms with Gasteiger partial charge in [-0.3, -0.25) is 4.79 Å². The maximum absolute atomic E-state index is 11.3. The SMILES string of the molecule is N[C@]1(C(=O)O)CC[C@@H](c2ccc(CCCOc3ccccc3)cc2)C1. The molecule has 0 aliphatic heterocycles. The maximum atomic E-state index is 11.3. The van der Waals surface area contributed by atoms with Gasteiger partial charge in [-0.05, 0) is 61.3 Å². The molecule has 3 rings (SSSR count). The number of hydrogen-bond donors (Lipinski definition) is 2. The summed E-state index contributed by atoms with van der Waals surface area (Å²) >= 11 is 0. The number of benzene rings is 2. The Bertz CT molecular complexity index is 699. The first-order chi connectivity index (χ1) is 12.1. The summed E-state index contributed by atoms with van der Waals surface area (Å²) in [7, 11) is 0. The summed E-state index contributed by atoms with van der Waals surface area (Å²) in [4.78, 5) is 11.3. The minimum Gasteiger partial charge on any atom is -0.494 e. The van der Waals surface area contributed by atoms with Crippen LogP contribution in [0.25, 0.3) is 0 Å². The number of carboxylic acid groups (broad SMARTS) is 1. The number of carboxylic acids is 1. The summed E-state index contributed by atoms with van der Waals surface area (Å²) in [6.45, 7) is 0.697. The Labute approximate surface area is 148 Å². The van der Waals surface area contributed by atoms with Crippen LogP contribution in [-0.2, 0) is 11.2 Å². The Morgan fingerprint density at radius 2 is 1.88 bits per heavy atom. The van der Waals surface area contributed by atoms with E-state index in [1.165, 1.54) is 11.1 Å². The number of carbonyl (C=O) groups is 1. The Morgan fingerprint density at radius 3 is 2.52 bits per heavy atom. The smallest absolute Gasteiger partial charge is 0.323 e. The van der Waals surface area contributed by atoms with E-state index in [-0.39, 0.29) is 5.92 Å². The van der Waals surface area contributed by atoms with Crippen LogP contribution in [0.2, 0.25) is 0 Å². The quantitative estimate of drug-likeness (QED) is 0.754. The largest absolute Gasteiger partial charge is 0.494 e. The van der Waals surface area contributed by atoms with Crippen molar-refractivity contribution in [2.24, 2.45) is 5.73 Å². The highest BCUT2D eigenvalue weighted by Gasteiger charge is 2.42. The van der Waals surface area contributed by atoms with E-state index in [1.807, 2.05) is 30.3 Å². The molecule has 0 bridgehead atoms. The molecular weight excluding hydrogens is 314 g/mol. The number of nitrogens with two attached hydrogens (primary N) is 1. The van der Waals surface area contributed by atoms with Crippen LogP contribution in [0, 0.1) is 0 Å². The van der Waals surface area contributed by atoms with Gasteiger partial charge in [0.25, 0.3) is 0 Å². The number of para-hydroxylation sites is 1. The van der Waals surface area contributed by atoms with Crippen molar-refractivity contribution in [1.82, 2.24) is 0 Å². The van der Waals surface area contributed by atoms with Crippen molar-refractivity contribution in [1.29, 1.82) is 0 Å². The molecule has 0 radical (unpaired) electrons. The lowest BCUT2D eigenvalue weighted by Gasteiger charge is -2.18. The van der Waals surface area contributed by atoms with Crippen molar-refractivity contribution in [3.8, 4) is 5.75 Å². The molecule has 1 aliphatic rings. The third-order valence-corrected chi connectivity index (χ3v) is 5.05. The summed E-state index contributed by atoms with van der Waals surface area (Å²) in [5.74, 6) is 0.268. The van der Waals surface area contributed by atoms with Crippen LogP contribution in [0.5, 0.6) is 5.75 Å². The molecule has 2 atom stereocenters. The zero-order valence-corrected chi connectivity index (χ0v) is 14.4. The third-order valence-electron chi connectivity index (χ3n) is 5.05. The van der Waals surface area contributed by atoms with E-state index < -0.39 is 11.5 Å². The van der Waals surface area contributed by atoms with Crippen LogP contribution in [-0.4, -0.2) is 23.2 Å². The number of ether oxygens (including phenoxy) is 1. The van der Waals surface area contributed by atoms with Gasteiger partial charge in [0.2, 0.25) is 0 Å². The summed E-state index contributed by atoms with van der Waals surface area (Å²) in [6.07, 6.45) is 3.83. The average Bonchev–Trinajstić information content (AvgIpc) is 3.04. The van der Waals surface area contributed by atoms with E-state index in [2.05, 4.69) is 24.3 Å². The number of aryl methyl sites for hydroxylation is 1. The second-order valence-electron chi connectivity index (χ2n) is 6.91. The van der Waals surface area contributed by atoms with Gasteiger partial charge in [0.1, 0.15) is 11.3 Å². The molecule has 2 aromatic rings. The molecule has 4 nitrogen and oxygen atoms in total. The van der Waals surface area contributed by atoms with E-state index in [4.69, 9.17) is 10.5 Å². The standard InChI is InChI=1S/C21H25NO3/c22-21(20(23)24)13-12-18(15-21)17-10-8-16(9-11-17)5-4-14-25-19-6-2-1-3-7-19/h1-3,6-11,18H,4-5,12-15,22H2,(H,23,24)/t18-,21-/m1/s1. The van der Waals surface area contributed by atoms with Gasteiger partial charge in [0, 0.05) is 0 Å². The first-order valence-electron chi connectivity index (χ1n) is 8.86. The molecule has 4 heteroatoms. The van der Waals surface area contributed by atoms with E-state index in [0.29, 0.717) is 19.4 Å². The Morgan fingerprint density at radius 1 is 1.16 bits per heavy atom. The minimum atomic E-state index is -1.06. The lowest BCUT2D eigenvalue weighted by atomic mass is 9.92. The molecule has 0 aromatic heterocycles. The molecule has 1 saturated carbocycles. The van der Waals surface area contributed by atoms with Gasteiger partial charge in [-0.1, -0.05) is 42.5 Å². The van der Waals surface area contributed by atoms with Gasteiger partial charge < -0.3 is 15.6 Å². The fraction of sp³-hybridized carbons (Fsp3) is 0.381. The van der Waals surface area contributed by atoms with E-state index in [0.717, 1.165) is 25.0 Å². The Hall–Kier alpha value is -2.33. The molecule has 0 heterocycles. The molecule has 25 heavy (non-hydrogen) atoms. The number of hydrogen-bond acceptors (Lipinski definition) is 3. The molecule has 3 N–H and O–H groups in total. The Kier molecular flexibility index (Phi) is 5.39. The summed E-state index contributed by atoms with van der Waals surface area (Å²) in [5, 5.41) is 9.25. The van der Waals surface area contributed by atoms with Crippen LogP contribution in [0.4, 0.5) is 0 Å². The highest BCUT2D eigenvalue weighted by Crippen LogP contribution is 2.39. The molecule has 1 aliphatic carbocycles. The lowest BCUT2D eigenvalue weighted by molar-refractivity contribution is -0.143. The van der Waals surface area contributed by atoms with Crippen LogP contribution in [0.3, 0.4) is 0 Å². The van der Waals surface area contributed by atoms with Gasteiger partial charge in [-0.25, -0.2) is 0 Å². The molecule has 2 aromatic carbocycles. The summed E-state index contributed by atoms with van der Waals surface area (Å²) in [6, 6.07) is 18.3. The monoisotopic (exact) mass is 339 g/mol. The van der Waals surface area contributed by atoms with Gasteiger partial charge >= 0.3 is 5.97 Å². The molecule has 0 amide bonds. The Balaban J connectivity index is 1.47. The van der Waals surface area contributed by atoms with Gasteiger partial charge in [-0.15, -0.1) is 0 Å². The summed E-state index contributed by atoms with van der Waals surface area (Å²) < 4.78 is 5.71. The molecule has 132 valence electrons. The fourth-order valence-electron chi connectivity index (χ4n) is 3.49. The highest BCUT2D eigenvalue weighted by molar-refractivity contribution is 5.79. The fourth-order valence-corrected chi connectivity index (χ4v) is 3.49. The van der Waals surface area contributed by atoms with Crippen LogP contribution < -0.4 is 10.5 Å². The van der Waals surface area contributed by atoms with Crippen molar-refractivity contribution in [3.05, 3.63) is 65.7 Å². The third kappa shape index (κ3) is 4.40. The van der Waals surface area contributed by atoms with E-state index >= 15 is 0 Å². The van der Waals surface area contributed by atoms with E-state index in [1.54, 1.807) is 0 Å². The highest BCUT2D eigenvalue weighted by atomic mass is 16.5. The van der Waals surface area contributed by atoms with Gasteiger partial charge in [0.05, 0.1) is 6.61 Å². The van der Waals surface area contributed by atoms with Crippen molar-refractivity contribution < 1.29 is 14.6 Å². The van der Waals surface area contributed by atoms with Crippen LogP contribution in [0.1, 0.15) is 42.7 Å². The predicted octanol–water partition coefficient (Wildman–Crippen LogP) is 3.75. The second kappa shape index (κ2) is 7.70. The molecule has 0 saturated heterocycles. The first kappa shape index (κ1) is 17.5. The van der Waals surface area contributed by atoms with Crippen molar-refractivity contribution in [2.75, 3.05) is 6.61 Å². The zero-order valence-electron chi connectivity index (χ0n) is 14.4. The first-order valence-corrected chi connectivity index (χ1v) is 8.86. The predicted molar refractivity (Wildman–Crippen MR) is 97.8 cm³/mol. The topological polar surface area (TPSA) is 72.6 Å². The van der Waals surface area contributed by atoms with Crippen molar-refractivity contribution in [3.63, 3.8) is 0 Å². The summed E-state index contributed by atoms with van der Waals surface area (Å²) in [5.41, 5.74) is 7.38. The van der Waals surface area contributed by atoms with Crippen molar-refractivity contribution >= 4 is 5.97 Å². The zero-order chi connectivity index (χ0) is 17.7. The lowest BCUT2D eigenvalue weighted by Crippen LogP contribution is -2.45. The number of aliphatic carboxylic acids is 1. The second-order valence-corrected chi connectivity index (χ2v) is 6.91. The van der Waals surface area contributed by atoms with Crippen LogP contribution >= 0.6 is 0 Å². The number of rotatable bonds is 7. The van der Waals surface area contributed by atoms with Crippen LogP contribution in [0.15, 0.2) is 54.6 Å². The normalized spacial score (nSPS) is 22.7. The van der Waals surface area contributed by atoms with Gasteiger partial charge in [0.15, 0.2) is 0 Å². The maximum Gasteiger partial charge on any atom is 0.323 e. The van der Waals surface area contributed by atoms with Crippen molar-refractivity contribution in [2.45, 2.75) is 43.6 Å². The molecule has 1 fully saturated rings. The van der Waals surface area contributed by atoms with E-state index in [9.17, 15) is 9.90 Å². The minimum absolute atomic E-state index is 0.247.